The van der Waals surface area contributed by atoms with E-state index < -0.39 is 0 Å². The van der Waals surface area contributed by atoms with Gasteiger partial charge in [-0.2, -0.15) is 4.40 Å². The number of nitrogens with zero attached hydrogens (tertiary/aromatic N) is 4. The normalized spacial score (nSPS) is 15.3. The molecule has 4 aliphatic rings. The van der Waals surface area contributed by atoms with Gasteiger partial charge in [-0.05, 0) is 156 Å². The Hall–Kier alpha value is -6.76. The Kier molecular flexibility index (Phi) is 9.57. The van der Waals surface area contributed by atoms with E-state index in [1.807, 2.05) is 11.8 Å². The minimum atomic E-state index is -0.274. The van der Waals surface area contributed by atoms with Gasteiger partial charge in [-0.3, -0.25) is 0 Å². The molecule has 0 fully saturated rings. The Balaban J connectivity index is 1.15. The van der Waals surface area contributed by atoms with Gasteiger partial charge in [-0.25, -0.2) is 4.57 Å². The number of benzene rings is 8. The van der Waals surface area contributed by atoms with Crippen molar-refractivity contribution in [1.82, 2.24) is 4.40 Å². The lowest BCUT2D eigenvalue weighted by Crippen LogP contribution is -2.63. The number of imidazole rings is 1. The van der Waals surface area contributed by atoms with E-state index in [9.17, 15) is 0 Å². The fourth-order valence-electron chi connectivity index (χ4n) is 13.7. The van der Waals surface area contributed by atoms with Crippen LogP contribution in [0.15, 0.2) is 143 Å². The van der Waals surface area contributed by atoms with Crippen molar-refractivity contribution in [2.75, 3.05) is 9.80 Å². The summed E-state index contributed by atoms with van der Waals surface area (Å²) < 4.78 is 4.94. The number of hydrogen-bond acceptors (Lipinski definition) is 3. The summed E-state index contributed by atoms with van der Waals surface area (Å²) in [5.74, 6) is 0. The van der Waals surface area contributed by atoms with Crippen molar-refractivity contribution in [2.45, 2.75) is 141 Å². The average molecular weight is 1010 g/mol. The summed E-state index contributed by atoms with van der Waals surface area (Å²) in [5, 5.41) is 3.85. The summed E-state index contributed by atoms with van der Waals surface area (Å²) in [6.07, 6.45) is 0. The van der Waals surface area contributed by atoms with E-state index in [2.05, 4.69) is 263 Å². The van der Waals surface area contributed by atoms with Gasteiger partial charge in [-0.15, -0.1) is 0 Å². The van der Waals surface area contributed by atoms with E-state index in [-0.39, 0.29) is 33.8 Å². The van der Waals surface area contributed by atoms with Crippen molar-refractivity contribution >= 4 is 107 Å². The highest BCUT2D eigenvalue weighted by atomic mass is 32.2. The van der Waals surface area contributed by atoms with Crippen LogP contribution in [0.2, 0.25) is 0 Å². The maximum Gasteiger partial charge on any atom is 0.295 e. The second kappa shape index (κ2) is 15.3. The predicted octanol–water partition coefficient (Wildman–Crippen LogP) is 16.6. The first-order valence-corrected chi connectivity index (χ1v) is 28.5. The molecule has 0 saturated heterocycles. The molecule has 0 radical (unpaired) electrons. The van der Waals surface area contributed by atoms with Gasteiger partial charge in [0.2, 0.25) is 0 Å². The van der Waals surface area contributed by atoms with Crippen molar-refractivity contribution < 1.29 is 4.57 Å². The third-order valence-electron chi connectivity index (χ3n) is 18.1. The van der Waals surface area contributed by atoms with Crippen LogP contribution in [0.5, 0.6) is 0 Å². The molecule has 0 bridgehead atoms. The van der Waals surface area contributed by atoms with Gasteiger partial charge >= 0.3 is 0 Å². The van der Waals surface area contributed by atoms with Crippen molar-refractivity contribution in [3.63, 3.8) is 0 Å². The molecular formula is C70H70BN4S+. The fraction of sp³-hybridized carbons (Fsp3) is 0.300. The number of hydrogen-bond donors (Lipinski definition) is 0. The molecule has 0 atom stereocenters. The van der Waals surface area contributed by atoms with Gasteiger partial charge in [0.1, 0.15) is 5.52 Å². The van der Waals surface area contributed by atoms with Gasteiger partial charge in [0.25, 0.3) is 12.4 Å². The van der Waals surface area contributed by atoms with Crippen LogP contribution in [0, 0.1) is 6.92 Å². The van der Waals surface area contributed by atoms with Crippen LogP contribution in [-0.4, -0.2) is 11.1 Å². The second-order valence-corrected chi connectivity index (χ2v) is 28.6. The summed E-state index contributed by atoms with van der Waals surface area (Å²) in [7, 11) is 2.23. The molecule has 8 aromatic carbocycles. The summed E-state index contributed by atoms with van der Waals surface area (Å²) in [6.45, 7) is 35.7. The van der Waals surface area contributed by atoms with Crippen molar-refractivity contribution in [3.05, 3.63) is 172 Å². The Morgan fingerprint density at radius 2 is 1.08 bits per heavy atom. The van der Waals surface area contributed by atoms with E-state index in [0.717, 1.165) is 0 Å². The third kappa shape index (κ3) is 6.49. The summed E-state index contributed by atoms with van der Waals surface area (Å²) in [5.41, 5.74) is 28.4. The largest absolute Gasteiger partial charge is 0.311 e. The number of aromatic nitrogens is 2. The Bertz CT molecular complexity index is 4260. The number of pyridine rings is 1. The SMILES string of the molecule is Cc1cccc2c3ccc(-c4cc5c6c(c4)N4c7ccc(C(C)(C)C)cc7C(C)(C)c7cc(C(C)(C)C)cc(c74)B6c4cc(C(C)(C)C)cc6c4N5c4ccc(C(C)(C)C)cc4S6)cc3n3c4ccccc4[n+](C)c3c12. The van der Waals surface area contributed by atoms with E-state index in [1.165, 1.54) is 149 Å². The first-order valence-electron chi connectivity index (χ1n) is 27.7. The lowest BCUT2D eigenvalue weighted by molar-refractivity contribution is -0.617. The lowest BCUT2D eigenvalue weighted by Gasteiger charge is -2.51. The zero-order chi connectivity index (χ0) is 53.2. The number of rotatable bonds is 1. The Labute approximate surface area is 454 Å². The lowest BCUT2D eigenvalue weighted by atomic mass is 9.32. The number of anilines is 6. The maximum atomic E-state index is 2.72. The van der Waals surface area contributed by atoms with Crippen LogP contribution >= 0.6 is 11.8 Å². The van der Waals surface area contributed by atoms with Gasteiger partial charge in [0.15, 0.2) is 11.0 Å². The minimum absolute atomic E-state index is 0.00193. The van der Waals surface area contributed by atoms with Gasteiger partial charge in [-0.1, -0.05) is 181 Å². The molecular weight excluding hydrogens is 940 g/mol. The summed E-state index contributed by atoms with van der Waals surface area (Å²) >= 11 is 1.97. The zero-order valence-corrected chi connectivity index (χ0v) is 48.3. The van der Waals surface area contributed by atoms with Crippen LogP contribution in [0.4, 0.5) is 34.1 Å². The molecule has 10 aromatic rings. The molecule has 14 rings (SSSR count). The van der Waals surface area contributed by atoms with E-state index in [0.29, 0.717) is 0 Å². The topological polar surface area (TPSA) is 14.8 Å². The molecule has 0 spiro atoms. The molecule has 76 heavy (non-hydrogen) atoms. The Morgan fingerprint density at radius 3 is 1.76 bits per heavy atom. The summed E-state index contributed by atoms with van der Waals surface area (Å²) in [6, 6.07) is 53.3. The zero-order valence-electron chi connectivity index (χ0n) is 47.5. The average Bonchev–Trinajstić information content (AvgIpc) is 3.68. The minimum Gasteiger partial charge on any atom is -0.311 e. The second-order valence-electron chi connectivity index (χ2n) is 27.5. The summed E-state index contributed by atoms with van der Waals surface area (Å²) in [4.78, 5) is 8.07. The molecule has 0 aliphatic carbocycles. The fourth-order valence-corrected chi connectivity index (χ4v) is 14.8. The Morgan fingerprint density at radius 1 is 0.487 bits per heavy atom. The predicted molar refractivity (Wildman–Crippen MR) is 326 cm³/mol. The molecule has 4 aliphatic heterocycles. The standard InChI is InChI=1S/C70H70BN4S/c1-39-20-19-21-47-46-27-24-40(30-56(46)75-54-23-18-17-22-53(54)72(16)65(75)61(39)47)41-31-57-62-58(32-41)74-55-29-26-43(67(5,6)7)37-59(55)76-60-38-45(69(11,12)13)36-51(64(60)74)71(62)50-35-44(68(8,9)10)34-49-63(50)73(57)52-28-25-42(66(2,3)4)33-48(52)70(49,14)15/h17-38H,1-16H3/q+1. The van der Waals surface area contributed by atoms with Crippen LogP contribution in [0.25, 0.3) is 49.5 Å². The molecule has 0 unspecified atom stereocenters. The highest BCUT2D eigenvalue weighted by molar-refractivity contribution is 7.99. The monoisotopic (exact) mass is 1010 g/mol. The first-order chi connectivity index (χ1) is 35.8. The van der Waals surface area contributed by atoms with Crippen LogP contribution < -0.4 is 30.8 Å². The van der Waals surface area contributed by atoms with Gasteiger partial charge in [0.05, 0.1) is 29.5 Å². The quantitative estimate of drug-likeness (QED) is 0.0925. The van der Waals surface area contributed by atoms with Crippen LogP contribution in [0.3, 0.4) is 0 Å². The third-order valence-corrected chi connectivity index (χ3v) is 19.1. The molecule has 0 saturated carbocycles. The molecule has 378 valence electrons. The molecule has 0 N–H and O–H groups in total. The van der Waals surface area contributed by atoms with Crippen molar-refractivity contribution in [1.29, 1.82) is 0 Å². The van der Waals surface area contributed by atoms with E-state index in [1.54, 1.807) is 0 Å². The highest BCUT2D eigenvalue weighted by Gasteiger charge is 2.51. The van der Waals surface area contributed by atoms with Gasteiger partial charge in [0, 0.05) is 43.0 Å². The van der Waals surface area contributed by atoms with E-state index in [4.69, 9.17) is 0 Å². The van der Waals surface area contributed by atoms with Crippen molar-refractivity contribution in [3.8, 4) is 11.1 Å². The highest BCUT2D eigenvalue weighted by Crippen LogP contribution is 2.59. The number of aryl methyl sites for hydroxylation is 2. The van der Waals surface area contributed by atoms with Crippen LogP contribution in [-0.2, 0) is 34.1 Å². The number of para-hydroxylation sites is 2. The molecule has 2 aromatic heterocycles. The molecule has 6 heteroatoms. The van der Waals surface area contributed by atoms with Crippen molar-refractivity contribution in [2.24, 2.45) is 7.05 Å². The molecule has 4 nitrogen and oxygen atoms in total. The van der Waals surface area contributed by atoms with E-state index >= 15 is 0 Å². The first kappa shape index (κ1) is 47.7. The molecule has 0 amide bonds. The maximum absolute atomic E-state index is 2.72. The van der Waals surface area contributed by atoms with Gasteiger partial charge < -0.3 is 9.80 Å². The molecule has 6 heterocycles. The van der Waals surface area contributed by atoms with Crippen LogP contribution in [0.1, 0.15) is 136 Å². The number of fused-ring (bicyclic) bond motifs is 16. The smallest absolute Gasteiger partial charge is 0.295 e.